The highest BCUT2D eigenvalue weighted by Crippen LogP contribution is 2.38. The molecule has 0 spiro atoms. The molecule has 3 N–H and O–H groups in total. The van der Waals surface area contributed by atoms with Gasteiger partial charge < -0.3 is 4.90 Å². The zero-order valence-electron chi connectivity index (χ0n) is 14.0. The van der Waals surface area contributed by atoms with Crippen LogP contribution in [0.25, 0.3) is 0 Å². The second kappa shape index (κ2) is 6.90. The van der Waals surface area contributed by atoms with E-state index in [1.54, 1.807) is 0 Å². The van der Waals surface area contributed by atoms with Gasteiger partial charge in [0.25, 0.3) is 0 Å². The Morgan fingerprint density at radius 2 is 2.14 bits per heavy atom. The summed E-state index contributed by atoms with van der Waals surface area (Å²) in [6.07, 6.45) is 10.0. The lowest BCUT2D eigenvalue weighted by Gasteiger charge is -2.49. The van der Waals surface area contributed by atoms with E-state index in [1.807, 2.05) is 10.9 Å². The van der Waals surface area contributed by atoms with Crippen molar-refractivity contribution in [3.8, 4) is 0 Å². The second-order valence-electron chi connectivity index (χ2n) is 6.81. The van der Waals surface area contributed by atoms with Crippen LogP contribution < -0.4 is 11.3 Å². The lowest BCUT2D eigenvalue weighted by Crippen LogP contribution is -2.62. The minimum atomic E-state index is 0.148. The molecule has 0 radical (unpaired) electrons. The van der Waals surface area contributed by atoms with Crippen LogP contribution in [0.5, 0.6) is 0 Å². The van der Waals surface area contributed by atoms with Crippen LogP contribution in [0.1, 0.15) is 45.1 Å². The predicted octanol–water partition coefficient (Wildman–Crippen LogP) is 1.79. The summed E-state index contributed by atoms with van der Waals surface area (Å²) in [5.74, 6) is 6.78. The summed E-state index contributed by atoms with van der Waals surface area (Å²) in [4.78, 5) is 2.38. The van der Waals surface area contributed by atoms with Crippen molar-refractivity contribution in [2.75, 3.05) is 14.1 Å². The third kappa shape index (κ3) is 3.47. The van der Waals surface area contributed by atoms with Crippen molar-refractivity contribution < 1.29 is 0 Å². The van der Waals surface area contributed by atoms with Crippen LogP contribution in [0.3, 0.4) is 0 Å². The molecule has 5 heteroatoms. The van der Waals surface area contributed by atoms with Gasteiger partial charge in [0, 0.05) is 24.3 Å². The Hall–Kier alpha value is -0.910. The predicted molar refractivity (Wildman–Crippen MR) is 86.8 cm³/mol. The number of nitrogens with zero attached hydrogens (tertiary/aromatic N) is 3. The molecule has 1 saturated carbocycles. The van der Waals surface area contributed by atoms with Gasteiger partial charge in [0.15, 0.2) is 0 Å². The Labute approximate surface area is 128 Å². The molecule has 1 unspecified atom stereocenters. The summed E-state index contributed by atoms with van der Waals surface area (Å²) in [7, 11) is 4.38. The van der Waals surface area contributed by atoms with Gasteiger partial charge in [0.05, 0.1) is 6.20 Å². The molecule has 1 fully saturated rings. The molecule has 0 bridgehead atoms. The van der Waals surface area contributed by atoms with Crippen molar-refractivity contribution in [2.24, 2.45) is 11.8 Å². The van der Waals surface area contributed by atoms with Crippen LogP contribution >= 0.6 is 0 Å². The number of hydrogen-bond acceptors (Lipinski definition) is 4. The molecule has 1 aliphatic rings. The molecule has 5 nitrogen and oxygen atoms in total. The monoisotopic (exact) mass is 293 g/mol. The Morgan fingerprint density at radius 3 is 2.62 bits per heavy atom. The molecule has 120 valence electrons. The third-order valence-electron chi connectivity index (χ3n) is 5.33. The highest BCUT2D eigenvalue weighted by atomic mass is 15.3. The van der Waals surface area contributed by atoms with E-state index < -0.39 is 0 Å². The lowest BCUT2D eigenvalue weighted by molar-refractivity contribution is 0.0434. The molecule has 1 aromatic rings. The van der Waals surface area contributed by atoms with Gasteiger partial charge in [0.1, 0.15) is 0 Å². The van der Waals surface area contributed by atoms with Crippen LogP contribution in [-0.4, -0.2) is 40.4 Å². The number of rotatable bonds is 6. The second-order valence-corrected chi connectivity index (χ2v) is 6.81. The first-order chi connectivity index (χ1) is 10.0. The Balaban J connectivity index is 2.16. The van der Waals surface area contributed by atoms with E-state index >= 15 is 0 Å². The maximum Gasteiger partial charge on any atom is 0.0522 e. The van der Waals surface area contributed by atoms with Crippen molar-refractivity contribution in [1.82, 2.24) is 20.1 Å². The highest BCUT2D eigenvalue weighted by molar-refractivity contribution is 5.11. The van der Waals surface area contributed by atoms with Gasteiger partial charge in [-0.2, -0.15) is 5.10 Å². The fraction of sp³-hybridized carbons (Fsp3) is 0.812. The normalized spacial score (nSPS) is 28.0. The number of hydrazine groups is 1. The van der Waals surface area contributed by atoms with Crippen molar-refractivity contribution >= 4 is 0 Å². The first-order valence-corrected chi connectivity index (χ1v) is 8.16. The van der Waals surface area contributed by atoms with Gasteiger partial charge in [0.2, 0.25) is 0 Å². The van der Waals surface area contributed by atoms with Gasteiger partial charge in [-0.25, -0.2) is 0 Å². The molecule has 2 rings (SSSR count). The van der Waals surface area contributed by atoms with E-state index in [2.05, 4.69) is 49.6 Å². The fourth-order valence-corrected chi connectivity index (χ4v) is 3.69. The summed E-state index contributed by atoms with van der Waals surface area (Å²) in [5.41, 5.74) is 4.52. The first-order valence-electron chi connectivity index (χ1n) is 8.16. The van der Waals surface area contributed by atoms with E-state index in [0.29, 0.717) is 0 Å². The van der Waals surface area contributed by atoms with Gasteiger partial charge in [-0.15, -0.1) is 0 Å². The molecule has 1 atom stereocenters. The maximum absolute atomic E-state index is 5.94. The number of likely N-dealkylation sites (N-methyl/N-ethyl adjacent to an activating group) is 1. The van der Waals surface area contributed by atoms with Crippen LogP contribution in [-0.2, 0) is 13.0 Å². The van der Waals surface area contributed by atoms with E-state index in [1.165, 1.54) is 31.2 Å². The molecular weight excluding hydrogens is 262 g/mol. The van der Waals surface area contributed by atoms with E-state index in [4.69, 9.17) is 5.84 Å². The van der Waals surface area contributed by atoms with E-state index in [9.17, 15) is 0 Å². The largest absolute Gasteiger partial charge is 0.302 e. The number of nitrogens with one attached hydrogen (secondary N) is 1. The fourth-order valence-electron chi connectivity index (χ4n) is 3.69. The molecule has 1 aliphatic carbocycles. The van der Waals surface area contributed by atoms with Crippen LogP contribution in [0, 0.1) is 5.92 Å². The van der Waals surface area contributed by atoms with Crippen molar-refractivity contribution in [3.05, 3.63) is 18.0 Å². The zero-order valence-corrected chi connectivity index (χ0v) is 14.0. The highest BCUT2D eigenvalue weighted by Gasteiger charge is 2.42. The lowest BCUT2D eigenvalue weighted by atomic mass is 9.71. The average Bonchev–Trinajstić information content (AvgIpc) is 2.93. The number of aromatic nitrogens is 2. The number of aryl methyl sites for hydroxylation is 1. The van der Waals surface area contributed by atoms with Crippen molar-refractivity contribution in [3.63, 3.8) is 0 Å². The topological polar surface area (TPSA) is 59.1 Å². The molecule has 1 heterocycles. The van der Waals surface area contributed by atoms with E-state index in [0.717, 1.165) is 18.9 Å². The summed E-state index contributed by atoms with van der Waals surface area (Å²) >= 11 is 0. The van der Waals surface area contributed by atoms with Gasteiger partial charge >= 0.3 is 0 Å². The zero-order chi connectivity index (χ0) is 15.5. The van der Waals surface area contributed by atoms with Crippen LogP contribution in [0.2, 0.25) is 0 Å². The SMILES string of the molecule is CCn1cc(CC(NN)C2(N(C)C)CCC(C)CC2)cn1. The first kappa shape index (κ1) is 16.5. The molecule has 0 saturated heterocycles. The third-order valence-corrected chi connectivity index (χ3v) is 5.33. The van der Waals surface area contributed by atoms with Crippen LogP contribution in [0.4, 0.5) is 0 Å². The standard InChI is InChI=1S/C16H31N5/c1-5-21-12-14(11-18-21)10-15(19-17)16(20(3)4)8-6-13(2)7-9-16/h11-13,15,19H,5-10,17H2,1-4H3. The van der Waals surface area contributed by atoms with E-state index in [-0.39, 0.29) is 11.6 Å². The summed E-state index contributed by atoms with van der Waals surface area (Å²) < 4.78 is 1.98. The summed E-state index contributed by atoms with van der Waals surface area (Å²) in [6, 6.07) is 0.259. The molecule has 0 aromatic carbocycles. The molecule has 21 heavy (non-hydrogen) atoms. The minimum Gasteiger partial charge on any atom is -0.302 e. The Bertz CT molecular complexity index is 432. The Morgan fingerprint density at radius 1 is 1.48 bits per heavy atom. The van der Waals surface area contributed by atoms with Gasteiger partial charge in [-0.3, -0.25) is 16.0 Å². The quantitative estimate of drug-likeness (QED) is 0.620. The maximum atomic E-state index is 5.94. The van der Waals surface area contributed by atoms with Gasteiger partial charge in [-0.1, -0.05) is 6.92 Å². The minimum absolute atomic E-state index is 0.148. The molecule has 0 amide bonds. The molecule has 1 aromatic heterocycles. The van der Waals surface area contributed by atoms with Crippen LogP contribution in [0.15, 0.2) is 12.4 Å². The Kier molecular flexibility index (Phi) is 5.41. The summed E-state index contributed by atoms with van der Waals surface area (Å²) in [6.45, 7) is 5.38. The van der Waals surface area contributed by atoms with Crippen molar-refractivity contribution in [1.29, 1.82) is 0 Å². The summed E-state index contributed by atoms with van der Waals surface area (Å²) in [5, 5.41) is 4.38. The molecular formula is C16H31N5. The average molecular weight is 293 g/mol. The smallest absolute Gasteiger partial charge is 0.0522 e. The molecule has 0 aliphatic heterocycles. The van der Waals surface area contributed by atoms with Crippen molar-refractivity contribution in [2.45, 2.75) is 64.1 Å². The number of hydrogen-bond donors (Lipinski definition) is 2. The van der Waals surface area contributed by atoms with Gasteiger partial charge in [-0.05, 0) is 64.6 Å². The number of nitrogens with two attached hydrogens (primary N) is 1.